The summed E-state index contributed by atoms with van der Waals surface area (Å²) in [4.78, 5) is 17.5. The number of hydrogen-bond acceptors (Lipinski definition) is 4. The molecule has 0 aliphatic carbocycles. The van der Waals surface area contributed by atoms with Crippen LogP contribution < -0.4 is 16.3 Å². The topological polar surface area (TPSA) is 83.6 Å². The highest BCUT2D eigenvalue weighted by molar-refractivity contribution is 6.00. The van der Waals surface area contributed by atoms with Gasteiger partial charge in [-0.25, -0.2) is 5.43 Å². The lowest BCUT2D eigenvalue weighted by Crippen LogP contribution is -2.43. The number of unbranched alkanes of at least 4 members (excludes halogenated alkanes) is 1. The van der Waals surface area contributed by atoms with E-state index in [1.165, 1.54) is 0 Å². The Morgan fingerprint density at radius 1 is 1.11 bits per heavy atom. The summed E-state index contributed by atoms with van der Waals surface area (Å²) in [7, 11) is 1.88. The second kappa shape index (κ2) is 10.6. The Morgan fingerprint density at radius 2 is 1.74 bits per heavy atom. The Labute approximate surface area is 205 Å². The fourth-order valence-corrected chi connectivity index (χ4v) is 3.47. The third kappa shape index (κ3) is 7.20. The average molecular weight is 498 g/mol. The van der Waals surface area contributed by atoms with Crippen molar-refractivity contribution < 1.29 is 23.1 Å². The van der Waals surface area contributed by atoms with Crippen molar-refractivity contribution in [2.24, 2.45) is 17.5 Å². The molecule has 0 saturated carbocycles. The second-order valence-electron chi connectivity index (χ2n) is 10.9. The summed E-state index contributed by atoms with van der Waals surface area (Å²) in [5.74, 6) is -0.818. The number of rotatable bonds is 7. The van der Waals surface area contributed by atoms with Crippen LogP contribution >= 0.6 is 0 Å². The number of amides is 1. The van der Waals surface area contributed by atoms with Gasteiger partial charge in [0.2, 0.25) is 0 Å². The van der Waals surface area contributed by atoms with Crippen molar-refractivity contribution in [1.29, 1.82) is 0 Å². The molecule has 2 aromatic rings. The van der Waals surface area contributed by atoms with Crippen LogP contribution in [0.2, 0.25) is 0 Å². The molecule has 0 bridgehead atoms. The van der Waals surface area contributed by atoms with E-state index in [0.717, 1.165) is 36.7 Å². The molecule has 10 heteroatoms. The molecule has 1 amide bonds. The first-order chi connectivity index (χ1) is 16.0. The Bertz CT molecular complexity index is 1100. The highest BCUT2D eigenvalue weighted by Crippen LogP contribution is 2.32. The van der Waals surface area contributed by atoms with Gasteiger partial charge in [0.1, 0.15) is 6.23 Å². The molecule has 1 unspecified atom stereocenters. The summed E-state index contributed by atoms with van der Waals surface area (Å²) in [5.41, 5.74) is 4.76. The van der Waals surface area contributed by atoms with Gasteiger partial charge in [0.15, 0.2) is 5.49 Å². The third-order valence-corrected chi connectivity index (χ3v) is 5.69. The van der Waals surface area contributed by atoms with Gasteiger partial charge in [-0.2, -0.15) is 18.2 Å². The van der Waals surface area contributed by atoms with Crippen LogP contribution in [0.4, 0.5) is 18.9 Å². The number of nitrogens with zero attached hydrogens (tertiary/aromatic N) is 3. The molecule has 0 spiro atoms. The number of aliphatic hydroxyl groups is 1. The largest absolute Gasteiger partial charge is 0.416 e. The van der Waals surface area contributed by atoms with Crippen LogP contribution in [-0.4, -0.2) is 26.6 Å². The first-order valence-corrected chi connectivity index (χ1v) is 11.7. The number of carbonyl (C=O) groups excluding carboxylic acids is 1. The Kier molecular flexibility index (Phi) is 8.65. The molecule has 196 valence electrons. The lowest BCUT2D eigenvalue weighted by molar-refractivity contribution is -0.137. The molecule has 1 atom stereocenters. The van der Waals surface area contributed by atoms with Crippen LogP contribution in [0.5, 0.6) is 0 Å². The maximum absolute atomic E-state index is 13.4. The van der Waals surface area contributed by atoms with Crippen LogP contribution in [-0.2, 0) is 25.2 Å². The summed E-state index contributed by atoms with van der Waals surface area (Å²) in [6.07, 6.45) is -3.86. The fourth-order valence-electron chi connectivity index (χ4n) is 3.47. The number of carbonyl (C=O) groups is 1. The zero-order chi connectivity index (χ0) is 26.8. The van der Waals surface area contributed by atoms with E-state index in [1.54, 1.807) is 26.8 Å². The number of anilines is 1. The van der Waals surface area contributed by atoms with Crippen LogP contribution in [0.1, 0.15) is 82.9 Å². The predicted octanol–water partition coefficient (Wildman–Crippen LogP) is 4.97. The van der Waals surface area contributed by atoms with Crippen LogP contribution in [0.3, 0.4) is 0 Å². The monoisotopic (exact) mass is 497 g/mol. The first-order valence-electron chi connectivity index (χ1n) is 11.7. The van der Waals surface area contributed by atoms with E-state index in [1.807, 2.05) is 37.2 Å². The molecule has 1 heterocycles. The van der Waals surface area contributed by atoms with E-state index in [9.17, 15) is 23.1 Å². The Morgan fingerprint density at radius 3 is 2.26 bits per heavy atom. The molecule has 35 heavy (non-hydrogen) atoms. The molecule has 3 N–H and O–H groups in total. The van der Waals surface area contributed by atoms with Crippen LogP contribution in [0.15, 0.2) is 29.3 Å². The van der Waals surface area contributed by atoms with Crippen LogP contribution in [0.25, 0.3) is 0 Å². The predicted molar refractivity (Wildman–Crippen MR) is 131 cm³/mol. The molecule has 0 fully saturated rings. The van der Waals surface area contributed by atoms with Crippen molar-refractivity contribution in [1.82, 2.24) is 14.8 Å². The van der Waals surface area contributed by atoms with Gasteiger partial charge < -0.3 is 10.5 Å². The Balaban J connectivity index is 2.61. The maximum atomic E-state index is 13.4. The highest BCUT2D eigenvalue weighted by Gasteiger charge is 2.32. The van der Waals surface area contributed by atoms with Gasteiger partial charge in [-0.15, -0.1) is 0 Å². The van der Waals surface area contributed by atoms with Crippen molar-refractivity contribution in [2.75, 3.05) is 5.43 Å². The van der Waals surface area contributed by atoms with Crippen molar-refractivity contribution in [3.8, 4) is 0 Å². The van der Waals surface area contributed by atoms with Gasteiger partial charge in [-0.05, 0) is 24.6 Å². The van der Waals surface area contributed by atoms with E-state index in [0.29, 0.717) is 12.0 Å². The number of halogens is 3. The molecule has 0 saturated heterocycles. The standard InChI is InChI=1S/C25H38F3N5O2/c1-9-10-13-33-20(15-19(32(33)8)23(2,3)4)29-21(34)17-14-16(25(26,27)28)11-12-18(17)30-31-22(35)24(5,6)7/h11-12,14-15,22,30-31,35H,9-10,13H2,1-8H3. The molecular weight excluding hydrogens is 459 g/mol. The molecule has 0 radical (unpaired) electrons. The van der Waals surface area contributed by atoms with Gasteiger partial charge >= 0.3 is 6.18 Å². The van der Waals surface area contributed by atoms with E-state index in [-0.39, 0.29) is 16.7 Å². The maximum Gasteiger partial charge on any atom is 0.416 e. The number of hydrogen-bond donors (Lipinski definition) is 3. The van der Waals surface area contributed by atoms with Gasteiger partial charge in [-0.3, -0.25) is 14.2 Å². The molecule has 1 aromatic heterocycles. The summed E-state index contributed by atoms with van der Waals surface area (Å²) >= 11 is 0. The molecular formula is C25H38F3N5O2. The van der Waals surface area contributed by atoms with E-state index in [2.05, 4.69) is 22.8 Å². The van der Waals surface area contributed by atoms with Crippen molar-refractivity contribution >= 4 is 11.6 Å². The molecule has 2 rings (SSSR count). The zero-order valence-corrected chi connectivity index (χ0v) is 21.8. The first kappa shape index (κ1) is 28.6. The minimum Gasteiger partial charge on any atom is -0.376 e. The number of aliphatic hydroxyl groups excluding tert-OH is 1. The van der Waals surface area contributed by atoms with Crippen LogP contribution in [0, 0.1) is 5.41 Å². The number of nitrogens with one attached hydrogen (secondary N) is 2. The lowest BCUT2D eigenvalue weighted by Gasteiger charge is -2.27. The summed E-state index contributed by atoms with van der Waals surface area (Å²) in [6, 6.07) is 4.62. The lowest BCUT2D eigenvalue weighted by atomic mass is 9.92. The molecule has 0 aliphatic rings. The minimum absolute atomic E-state index is 0.0853. The van der Waals surface area contributed by atoms with Crippen molar-refractivity contribution in [3.05, 3.63) is 46.6 Å². The number of benzene rings is 1. The van der Waals surface area contributed by atoms with E-state index < -0.39 is 29.3 Å². The third-order valence-electron chi connectivity index (χ3n) is 5.69. The summed E-state index contributed by atoms with van der Waals surface area (Å²) in [5, 5.41) is 10.3. The second-order valence-corrected chi connectivity index (χ2v) is 10.9. The van der Waals surface area contributed by atoms with Crippen molar-refractivity contribution in [3.63, 3.8) is 0 Å². The molecule has 1 aromatic carbocycles. The van der Waals surface area contributed by atoms with Gasteiger partial charge in [0.25, 0.3) is 5.91 Å². The molecule has 0 aliphatic heterocycles. The zero-order valence-electron chi connectivity index (χ0n) is 21.8. The number of hydrazine groups is 1. The smallest absolute Gasteiger partial charge is 0.376 e. The number of alkyl halides is 3. The number of aromatic nitrogens is 2. The fraction of sp³-hybridized carbons (Fsp3) is 0.600. The highest BCUT2D eigenvalue weighted by atomic mass is 19.4. The van der Waals surface area contributed by atoms with Gasteiger partial charge in [-0.1, -0.05) is 54.9 Å². The quantitative estimate of drug-likeness (QED) is 0.373. The Hall–Kier alpha value is -2.59. The minimum atomic E-state index is -4.63. The van der Waals surface area contributed by atoms with Gasteiger partial charge in [0.05, 0.1) is 16.8 Å². The van der Waals surface area contributed by atoms with Gasteiger partial charge in [0, 0.05) is 36.2 Å². The van der Waals surface area contributed by atoms with E-state index in [4.69, 9.17) is 0 Å². The van der Waals surface area contributed by atoms with E-state index >= 15 is 0 Å². The average Bonchev–Trinajstić information content (AvgIpc) is 3.04. The SMILES string of the molecule is CCCCn1c(=NC(=O)c2cc(C(F)(F)F)ccc2NNC(O)C(C)(C)C)cc(C(C)(C)C)n1C. The van der Waals surface area contributed by atoms with Crippen molar-refractivity contribution in [2.45, 2.75) is 85.7 Å². The molecule has 7 nitrogen and oxygen atoms in total. The summed E-state index contributed by atoms with van der Waals surface area (Å²) in [6.45, 7) is 14.2. The normalized spacial score (nSPS) is 14.3. The summed E-state index contributed by atoms with van der Waals surface area (Å²) < 4.78 is 44.1.